The average molecular weight is 295 g/mol. The van der Waals surface area contributed by atoms with Crippen LogP contribution in [0.3, 0.4) is 0 Å². The van der Waals surface area contributed by atoms with E-state index in [1.807, 2.05) is 19.1 Å². The Balaban J connectivity index is 2.23. The molecule has 1 rings (SSSR count). The highest BCUT2D eigenvalue weighted by atomic mass is 16.5. The molecule has 0 aliphatic rings. The molecule has 0 bridgehead atoms. The van der Waals surface area contributed by atoms with Gasteiger partial charge in [-0.1, -0.05) is 12.1 Å². The lowest BCUT2D eigenvalue weighted by Gasteiger charge is -2.20. The van der Waals surface area contributed by atoms with Crippen LogP contribution in [-0.2, 0) is 16.0 Å². The van der Waals surface area contributed by atoms with E-state index in [2.05, 4.69) is 38.2 Å². The standard InChI is InChI=1S/C17H29NO3/c1-5-19-9-10-20-11-12-21-16-8-6-7-15(13-16)14-18-17(2,3)4/h6-8,13,18H,5,9-12,14H2,1-4H3. The molecule has 4 nitrogen and oxygen atoms in total. The molecule has 4 heteroatoms. The van der Waals surface area contributed by atoms with Crippen molar-refractivity contribution >= 4 is 0 Å². The van der Waals surface area contributed by atoms with Crippen molar-refractivity contribution < 1.29 is 14.2 Å². The summed E-state index contributed by atoms with van der Waals surface area (Å²) in [5.74, 6) is 0.886. The molecule has 0 radical (unpaired) electrons. The Hall–Kier alpha value is -1.10. The second-order valence-electron chi connectivity index (χ2n) is 5.91. The first-order valence-corrected chi connectivity index (χ1v) is 7.63. The van der Waals surface area contributed by atoms with Gasteiger partial charge in [0.15, 0.2) is 0 Å². The number of benzene rings is 1. The second kappa shape index (κ2) is 9.77. The van der Waals surface area contributed by atoms with Crippen LogP contribution >= 0.6 is 0 Å². The summed E-state index contributed by atoms with van der Waals surface area (Å²) < 4.78 is 16.3. The fourth-order valence-corrected chi connectivity index (χ4v) is 1.70. The lowest BCUT2D eigenvalue weighted by Crippen LogP contribution is -2.35. The van der Waals surface area contributed by atoms with Crippen LogP contribution in [-0.4, -0.2) is 38.6 Å². The maximum Gasteiger partial charge on any atom is 0.119 e. The van der Waals surface area contributed by atoms with Gasteiger partial charge in [0.05, 0.1) is 19.8 Å². The van der Waals surface area contributed by atoms with Crippen LogP contribution in [0.5, 0.6) is 5.75 Å². The van der Waals surface area contributed by atoms with Gasteiger partial charge in [-0.05, 0) is 45.4 Å². The van der Waals surface area contributed by atoms with Gasteiger partial charge in [-0.15, -0.1) is 0 Å². The SMILES string of the molecule is CCOCCOCCOc1cccc(CNC(C)(C)C)c1. The van der Waals surface area contributed by atoms with Crippen LogP contribution < -0.4 is 10.1 Å². The quantitative estimate of drug-likeness (QED) is 0.674. The monoisotopic (exact) mass is 295 g/mol. The Labute approximate surface area is 128 Å². The van der Waals surface area contributed by atoms with Crippen molar-refractivity contribution in [3.05, 3.63) is 29.8 Å². The van der Waals surface area contributed by atoms with E-state index in [4.69, 9.17) is 14.2 Å². The molecule has 0 unspecified atom stereocenters. The van der Waals surface area contributed by atoms with Crippen molar-refractivity contribution in [3.63, 3.8) is 0 Å². The maximum absolute atomic E-state index is 5.69. The Kier molecular flexibility index (Phi) is 8.35. The van der Waals surface area contributed by atoms with Crippen LogP contribution in [0, 0.1) is 0 Å². The van der Waals surface area contributed by atoms with Gasteiger partial charge >= 0.3 is 0 Å². The van der Waals surface area contributed by atoms with Gasteiger partial charge in [0.2, 0.25) is 0 Å². The topological polar surface area (TPSA) is 39.7 Å². The van der Waals surface area contributed by atoms with Crippen molar-refractivity contribution in [2.75, 3.05) is 33.0 Å². The van der Waals surface area contributed by atoms with E-state index in [-0.39, 0.29) is 5.54 Å². The summed E-state index contributed by atoms with van der Waals surface area (Å²) in [4.78, 5) is 0. The van der Waals surface area contributed by atoms with E-state index in [9.17, 15) is 0 Å². The second-order valence-corrected chi connectivity index (χ2v) is 5.91. The average Bonchev–Trinajstić information content (AvgIpc) is 2.44. The summed E-state index contributed by atoms with van der Waals surface area (Å²) >= 11 is 0. The van der Waals surface area contributed by atoms with Crippen LogP contribution in [0.25, 0.3) is 0 Å². The Morgan fingerprint density at radius 1 is 1.00 bits per heavy atom. The normalized spacial score (nSPS) is 11.6. The predicted octanol–water partition coefficient (Wildman–Crippen LogP) is 3.01. The van der Waals surface area contributed by atoms with Crippen molar-refractivity contribution in [2.24, 2.45) is 0 Å². The molecular formula is C17H29NO3. The summed E-state index contributed by atoms with van der Waals surface area (Å²) in [6.45, 7) is 12.4. The molecule has 0 aliphatic heterocycles. The lowest BCUT2D eigenvalue weighted by atomic mass is 10.1. The molecule has 0 fully saturated rings. The Bertz CT molecular complexity index is 388. The fraction of sp³-hybridized carbons (Fsp3) is 0.647. The van der Waals surface area contributed by atoms with E-state index >= 15 is 0 Å². The zero-order chi connectivity index (χ0) is 15.6. The summed E-state index contributed by atoms with van der Waals surface area (Å²) in [7, 11) is 0. The number of nitrogens with one attached hydrogen (secondary N) is 1. The minimum absolute atomic E-state index is 0.116. The molecule has 0 atom stereocenters. The first-order valence-electron chi connectivity index (χ1n) is 7.63. The molecule has 1 aromatic carbocycles. The fourth-order valence-electron chi connectivity index (χ4n) is 1.70. The molecule has 0 saturated heterocycles. The zero-order valence-corrected chi connectivity index (χ0v) is 13.8. The maximum atomic E-state index is 5.69. The van der Waals surface area contributed by atoms with Crippen LogP contribution in [0.1, 0.15) is 33.3 Å². The zero-order valence-electron chi connectivity index (χ0n) is 13.8. The third-order valence-corrected chi connectivity index (χ3v) is 2.79. The first-order chi connectivity index (χ1) is 10.0. The largest absolute Gasteiger partial charge is 0.491 e. The first kappa shape index (κ1) is 18.0. The van der Waals surface area contributed by atoms with Crippen molar-refractivity contribution in [2.45, 2.75) is 39.8 Å². The molecule has 1 aromatic rings. The van der Waals surface area contributed by atoms with Gasteiger partial charge in [0, 0.05) is 18.7 Å². The van der Waals surface area contributed by atoms with Crippen LogP contribution in [0.4, 0.5) is 0 Å². The highest BCUT2D eigenvalue weighted by molar-refractivity contribution is 5.28. The van der Waals surface area contributed by atoms with E-state index in [0.717, 1.165) is 18.9 Å². The van der Waals surface area contributed by atoms with Gasteiger partial charge in [-0.3, -0.25) is 0 Å². The molecule has 0 aliphatic carbocycles. The summed E-state index contributed by atoms with van der Waals surface area (Å²) in [5, 5.41) is 3.47. The summed E-state index contributed by atoms with van der Waals surface area (Å²) in [6, 6.07) is 8.16. The smallest absolute Gasteiger partial charge is 0.119 e. The van der Waals surface area contributed by atoms with Gasteiger partial charge in [0.25, 0.3) is 0 Å². The molecule has 0 aromatic heterocycles. The Morgan fingerprint density at radius 3 is 2.43 bits per heavy atom. The van der Waals surface area contributed by atoms with Gasteiger partial charge in [-0.2, -0.15) is 0 Å². The van der Waals surface area contributed by atoms with Crippen LogP contribution in [0.2, 0.25) is 0 Å². The molecule has 21 heavy (non-hydrogen) atoms. The van der Waals surface area contributed by atoms with Crippen molar-refractivity contribution in [1.82, 2.24) is 5.32 Å². The molecule has 1 N–H and O–H groups in total. The predicted molar refractivity (Wildman–Crippen MR) is 85.8 cm³/mol. The summed E-state index contributed by atoms with van der Waals surface area (Å²) in [5.41, 5.74) is 1.34. The minimum Gasteiger partial charge on any atom is -0.491 e. The molecule has 0 spiro atoms. The third-order valence-electron chi connectivity index (χ3n) is 2.79. The number of hydrogen-bond acceptors (Lipinski definition) is 4. The Morgan fingerprint density at radius 2 is 1.71 bits per heavy atom. The molecule has 120 valence electrons. The molecule has 0 saturated carbocycles. The third kappa shape index (κ3) is 9.45. The number of rotatable bonds is 10. The molecule has 0 amide bonds. The van der Waals surface area contributed by atoms with E-state index in [1.54, 1.807) is 0 Å². The van der Waals surface area contributed by atoms with Gasteiger partial charge in [-0.25, -0.2) is 0 Å². The van der Waals surface area contributed by atoms with Gasteiger partial charge in [0.1, 0.15) is 12.4 Å². The highest BCUT2D eigenvalue weighted by Crippen LogP contribution is 2.14. The highest BCUT2D eigenvalue weighted by Gasteiger charge is 2.08. The van der Waals surface area contributed by atoms with Gasteiger partial charge < -0.3 is 19.5 Å². The summed E-state index contributed by atoms with van der Waals surface area (Å²) in [6.07, 6.45) is 0. The van der Waals surface area contributed by atoms with Crippen molar-refractivity contribution in [3.8, 4) is 5.75 Å². The molecule has 0 heterocycles. The van der Waals surface area contributed by atoms with Crippen molar-refractivity contribution in [1.29, 1.82) is 0 Å². The minimum atomic E-state index is 0.116. The number of hydrogen-bond donors (Lipinski definition) is 1. The van der Waals surface area contributed by atoms with E-state index in [1.165, 1.54) is 5.56 Å². The lowest BCUT2D eigenvalue weighted by molar-refractivity contribution is 0.0405. The molecular weight excluding hydrogens is 266 g/mol. The number of ether oxygens (including phenoxy) is 3. The van der Waals surface area contributed by atoms with Crippen LogP contribution in [0.15, 0.2) is 24.3 Å². The van der Waals surface area contributed by atoms with E-state index < -0.39 is 0 Å². The van der Waals surface area contributed by atoms with E-state index in [0.29, 0.717) is 26.4 Å².